The van der Waals surface area contributed by atoms with Crippen molar-refractivity contribution in [1.29, 1.82) is 0 Å². The minimum Gasteiger partial charge on any atom is -0.545 e. The van der Waals surface area contributed by atoms with Gasteiger partial charge in [-0.1, -0.05) is 27.7 Å². The monoisotopic (exact) mass is 1020 g/mol. The molecule has 4 heterocycles. The zero-order valence-electron chi connectivity index (χ0n) is 40.7. The topological polar surface area (TPSA) is 388 Å². The average Bonchev–Trinajstić information content (AvgIpc) is 3.35. The van der Waals surface area contributed by atoms with Crippen LogP contribution in [-0.2, 0) is 26.2 Å². The highest BCUT2D eigenvalue weighted by molar-refractivity contribution is 6.09. The molecule has 392 valence electrons. The summed E-state index contributed by atoms with van der Waals surface area (Å²) in [6, 6.07) is 19.2. The summed E-state index contributed by atoms with van der Waals surface area (Å²) in [5.74, 6) is -14.6. The summed E-state index contributed by atoms with van der Waals surface area (Å²) in [6.07, 6.45) is 22.0. The molecule has 8 N–H and O–H groups in total. The summed E-state index contributed by atoms with van der Waals surface area (Å²) in [6.45, 7) is 13.2. The quantitative estimate of drug-likeness (QED) is 0.0786. The molecule has 0 radical (unpaired) electrons. The second-order valence-electron chi connectivity index (χ2n) is 15.6. The lowest BCUT2D eigenvalue weighted by atomic mass is 9.98. The van der Waals surface area contributed by atoms with E-state index in [9.17, 15) is 58.8 Å². The lowest BCUT2D eigenvalue weighted by Crippen LogP contribution is -2.32. The van der Waals surface area contributed by atoms with E-state index in [1.165, 1.54) is 47.9 Å². The third-order valence-electron chi connectivity index (χ3n) is 10.3. The maximum Gasteiger partial charge on any atom is 0.336 e. The number of nitrogens with zero attached hydrogens (tertiary/aromatic N) is 4. The molecule has 0 saturated heterocycles. The van der Waals surface area contributed by atoms with Crippen LogP contribution in [0.2, 0.25) is 0 Å². The molecule has 0 unspecified atom stereocenters. The van der Waals surface area contributed by atoms with Crippen molar-refractivity contribution in [1.82, 2.24) is 0 Å². The van der Waals surface area contributed by atoms with Crippen LogP contribution >= 0.6 is 0 Å². The molecule has 0 saturated carbocycles. The number of carbonyl (C=O) groups is 8. The number of carbonyl (C=O) groups excluding carboxylic acids is 4. The van der Waals surface area contributed by atoms with Crippen molar-refractivity contribution in [3.8, 4) is 22.3 Å². The molecule has 0 amide bonds. The number of hydrogen-bond donors (Lipinski definition) is 4. The molecule has 0 spiro atoms. The number of aryl methyl sites for hydroxylation is 4. The Kier molecular flexibility index (Phi) is 25.8. The van der Waals surface area contributed by atoms with Crippen LogP contribution in [0.3, 0.4) is 0 Å². The summed E-state index contributed by atoms with van der Waals surface area (Å²) in [5, 5.41) is 77.4. The first-order valence-electron chi connectivity index (χ1n) is 22.3. The van der Waals surface area contributed by atoms with Crippen LogP contribution in [0, 0.1) is 0 Å². The van der Waals surface area contributed by atoms with Crippen LogP contribution in [0.1, 0.15) is 136 Å². The van der Waals surface area contributed by atoms with Gasteiger partial charge in [0.25, 0.3) is 0 Å². The normalized spacial score (nSPS) is 9.89. The van der Waals surface area contributed by atoms with E-state index in [1.807, 2.05) is 0 Å². The van der Waals surface area contributed by atoms with Gasteiger partial charge in [-0.05, 0) is 46.5 Å². The van der Waals surface area contributed by atoms with Crippen LogP contribution in [0.4, 0.5) is 0 Å². The predicted molar refractivity (Wildman–Crippen MR) is 251 cm³/mol. The lowest BCUT2D eigenvalue weighted by molar-refractivity contribution is -0.697. The van der Waals surface area contributed by atoms with Crippen LogP contribution < -0.4 is 38.7 Å². The van der Waals surface area contributed by atoms with E-state index >= 15 is 0 Å². The van der Waals surface area contributed by atoms with E-state index in [0.717, 1.165) is 26.2 Å². The Morgan fingerprint density at radius 1 is 0.324 bits per heavy atom. The van der Waals surface area contributed by atoms with Gasteiger partial charge in [-0.15, -0.1) is 0 Å². The molecule has 0 aliphatic heterocycles. The molecule has 4 aromatic heterocycles. The molecule has 6 aromatic rings. The van der Waals surface area contributed by atoms with Crippen molar-refractivity contribution in [3.05, 3.63) is 167 Å². The molecule has 0 aliphatic rings. The minimum atomic E-state index is -1.94. The van der Waals surface area contributed by atoms with Gasteiger partial charge in [0.15, 0.2) is 49.6 Å². The number of aromatic nitrogens is 4. The second-order valence-corrected chi connectivity index (χ2v) is 15.6. The second kappa shape index (κ2) is 30.5. The molecule has 2 aromatic carbocycles. The third-order valence-corrected chi connectivity index (χ3v) is 10.3. The highest BCUT2D eigenvalue weighted by Crippen LogP contribution is 2.20. The van der Waals surface area contributed by atoms with E-state index in [4.69, 9.17) is 20.4 Å². The van der Waals surface area contributed by atoms with Gasteiger partial charge in [0, 0.05) is 96.5 Å². The van der Waals surface area contributed by atoms with Gasteiger partial charge in [-0.25, -0.2) is 37.4 Å². The number of hydrogen-bond acceptors (Lipinski definition) is 12. The molecule has 6 rings (SSSR count). The van der Waals surface area contributed by atoms with Crippen molar-refractivity contribution in [2.24, 2.45) is 0 Å². The van der Waals surface area contributed by atoms with Crippen molar-refractivity contribution in [2.75, 3.05) is 0 Å². The fourth-order valence-electron chi connectivity index (χ4n) is 6.81. The Labute approximate surface area is 423 Å². The zero-order chi connectivity index (χ0) is 53.7. The van der Waals surface area contributed by atoms with Crippen LogP contribution in [0.5, 0.6) is 0 Å². The highest BCUT2D eigenvalue weighted by Gasteiger charge is 2.21. The summed E-state index contributed by atoms with van der Waals surface area (Å²) >= 11 is 0. The number of carboxylic acid groups (broad SMARTS) is 8. The molecule has 0 aliphatic carbocycles. The van der Waals surface area contributed by atoms with Crippen LogP contribution in [0.15, 0.2) is 122 Å². The van der Waals surface area contributed by atoms with Crippen molar-refractivity contribution < 1.29 is 108 Å². The fourth-order valence-corrected chi connectivity index (χ4v) is 6.81. The molecule has 22 nitrogen and oxygen atoms in total. The number of rotatable bonds is 18. The molecular formula is C52H56N4O18. The average molecular weight is 1030 g/mol. The SMILES string of the molecule is CCC[n+]1ccc(-c2cc[n+](CCC)cc2)cc1.CCC[n+]1ccc(-c2cc[n+](CCC)cc2)cc1.O.O.O=C([O-])c1cc(C(=O)[O-])c(C(=O)O)cc1C(=O)O.O=C([O-])c1cc(C(=O)[O-])c(C(=O)O)cc1C(=O)O. The Balaban J connectivity index is 0.000000489. The Morgan fingerprint density at radius 2 is 0.473 bits per heavy atom. The van der Waals surface area contributed by atoms with Crippen molar-refractivity contribution in [2.45, 2.75) is 79.6 Å². The largest absolute Gasteiger partial charge is 0.545 e. The first-order chi connectivity index (χ1) is 34.2. The maximum atomic E-state index is 10.7. The van der Waals surface area contributed by atoms with Gasteiger partial charge in [0.2, 0.25) is 0 Å². The van der Waals surface area contributed by atoms with E-state index in [-0.39, 0.29) is 11.0 Å². The Hall–Kier alpha value is -9.28. The number of aromatic carboxylic acids is 8. The Bertz CT molecular complexity index is 2420. The minimum absolute atomic E-state index is 0. The van der Waals surface area contributed by atoms with Gasteiger partial charge in [-0.2, -0.15) is 0 Å². The molecule has 0 bridgehead atoms. The van der Waals surface area contributed by atoms with E-state index < -0.39 is 92.3 Å². The fraction of sp³-hybridized carbons (Fsp3) is 0.231. The summed E-state index contributed by atoms with van der Waals surface area (Å²) < 4.78 is 8.90. The molecule has 74 heavy (non-hydrogen) atoms. The maximum absolute atomic E-state index is 10.7. The first kappa shape index (κ1) is 62.7. The van der Waals surface area contributed by atoms with Crippen LogP contribution in [-0.4, -0.2) is 79.1 Å². The standard InChI is InChI=1S/2C16H22N2.2C10H6O8.2H2O/c2*1-3-9-17-11-5-15(6-12-17)16-7-13-18(10-4-2)14-8-16;2*11-7(12)3-1-4(8(13)14)6(10(17)18)2-5(3)9(15)16;;/h2*5-8,11-14H,3-4,9-10H2,1-2H3;2*1-2H,(H,11,12)(H,13,14)(H,15,16)(H,17,18);2*1H2/q2*+2;;;;/p-4. The Morgan fingerprint density at radius 3 is 0.595 bits per heavy atom. The van der Waals surface area contributed by atoms with Gasteiger partial charge < -0.3 is 71.0 Å². The van der Waals surface area contributed by atoms with Gasteiger partial charge in [0.05, 0.1) is 46.1 Å². The molecular weight excluding hydrogens is 969 g/mol. The number of pyridine rings is 4. The van der Waals surface area contributed by atoms with Gasteiger partial charge in [0.1, 0.15) is 26.2 Å². The highest BCUT2D eigenvalue weighted by atomic mass is 16.4. The summed E-state index contributed by atoms with van der Waals surface area (Å²) in [7, 11) is 0. The van der Waals surface area contributed by atoms with E-state index in [2.05, 4.69) is 144 Å². The van der Waals surface area contributed by atoms with Crippen LogP contribution in [0.25, 0.3) is 22.3 Å². The number of carboxylic acids is 8. The predicted octanol–water partition coefficient (Wildman–Crippen LogP) is -0.532. The third kappa shape index (κ3) is 18.2. The molecule has 22 heteroatoms. The van der Waals surface area contributed by atoms with Crippen molar-refractivity contribution >= 4 is 47.8 Å². The van der Waals surface area contributed by atoms with Crippen molar-refractivity contribution in [3.63, 3.8) is 0 Å². The molecule has 0 atom stereocenters. The summed E-state index contributed by atoms with van der Waals surface area (Å²) in [4.78, 5) is 85.5. The number of benzene rings is 2. The van der Waals surface area contributed by atoms with E-state index in [1.54, 1.807) is 0 Å². The van der Waals surface area contributed by atoms with Gasteiger partial charge in [-0.3, -0.25) is 0 Å². The summed E-state index contributed by atoms with van der Waals surface area (Å²) in [5.41, 5.74) is -2.13. The smallest absolute Gasteiger partial charge is 0.336 e. The van der Waals surface area contributed by atoms with E-state index in [0.29, 0.717) is 24.3 Å². The lowest BCUT2D eigenvalue weighted by Gasteiger charge is -2.13. The first-order valence-corrected chi connectivity index (χ1v) is 22.3. The van der Waals surface area contributed by atoms with Gasteiger partial charge >= 0.3 is 23.9 Å². The zero-order valence-corrected chi connectivity index (χ0v) is 40.7. The molecule has 0 fully saturated rings.